The van der Waals surface area contributed by atoms with Gasteiger partial charge in [-0.3, -0.25) is 14.9 Å². The molecule has 1 aromatic carbocycles. The number of tetrazole rings is 1. The van der Waals surface area contributed by atoms with Crippen LogP contribution >= 0.6 is 11.8 Å². The van der Waals surface area contributed by atoms with Gasteiger partial charge in [0.2, 0.25) is 5.91 Å². The highest BCUT2D eigenvalue weighted by Crippen LogP contribution is 2.17. The number of hydrogen-bond acceptors (Lipinski definition) is 8. The number of aromatic nitrogens is 4. The van der Waals surface area contributed by atoms with Crippen molar-refractivity contribution in [3.63, 3.8) is 0 Å². The first-order chi connectivity index (χ1) is 13.4. The van der Waals surface area contributed by atoms with E-state index in [0.29, 0.717) is 12.2 Å². The van der Waals surface area contributed by atoms with E-state index in [1.54, 1.807) is 13.8 Å². The summed E-state index contributed by atoms with van der Waals surface area (Å²) in [5.74, 6) is -0.931. The second-order valence-corrected chi connectivity index (χ2v) is 7.24. The lowest BCUT2D eigenvalue weighted by Crippen LogP contribution is -2.28. The standard InChI is InChI=1S/C18H23N5O4S/c1-4-27-17(26)12(2)23-21-18(20-22-23)19-16(25)15(11-28-13(3)24)10-14-8-6-5-7-9-14/h5-9,12,15H,4,10-11H2,1-3H3,(H,19,21,25). The van der Waals surface area contributed by atoms with Crippen LogP contribution in [0.4, 0.5) is 5.95 Å². The summed E-state index contributed by atoms with van der Waals surface area (Å²) in [7, 11) is 0. The van der Waals surface area contributed by atoms with Crippen LogP contribution in [0.25, 0.3) is 0 Å². The van der Waals surface area contributed by atoms with Crippen molar-refractivity contribution in [1.82, 2.24) is 20.2 Å². The number of ether oxygens (including phenoxy) is 1. The molecule has 0 saturated carbocycles. The van der Waals surface area contributed by atoms with Gasteiger partial charge >= 0.3 is 5.97 Å². The molecule has 0 aliphatic carbocycles. The largest absolute Gasteiger partial charge is 0.464 e. The molecule has 1 aromatic heterocycles. The molecule has 0 radical (unpaired) electrons. The van der Waals surface area contributed by atoms with E-state index in [0.717, 1.165) is 22.1 Å². The fraction of sp³-hybridized carbons (Fsp3) is 0.444. The predicted molar refractivity (Wildman–Crippen MR) is 105 cm³/mol. The smallest absolute Gasteiger partial charge is 0.332 e. The third-order valence-corrected chi connectivity index (χ3v) is 4.80. The van der Waals surface area contributed by atoms with Gasteiger partial charge < -0.3 is 4.74 Å². The van der Waals surface area contributed by atoms with Crippen LogP contribution in [0, 0.1) is 5.92 Å². The average Bonchev–Trinajstić information content (AvgIpc) is 3.13. The quantitative estimate of drug-likeness (QED) is 0.629. The van der Waals surface area contributed by atoms with E-state index >= 15 is 0 Å². The van der Waals surface area contributed by atoms with Crippen LogP contribution in [0.2, 0.25) is 0 Å². The van der Waals surface area contributed by atoms with Crippen molar-refractivity contribution in [3.05, 3.63) is 35.9 Å². The highest BCUT2D eigenvalue weighted by molar-refractivity contribution is 8.13. The summed E-state index contributed by atoms with van der Waals surface area (Å²) < 4.78 is 4.92. The molecule has 1 amide bonds. The minimum absolute atomic E-state index is 0.00737. The fourth-order valence-corrected chi connectivity index (χ4v) is 3.06. The normalized spacial score (nSPS) is 12.8. The van der Waals surface area contributed by atoms with Crippen molar-refractivity contribution in [2.75, 3.05) is 17.7 Å². The topological polar surface area (TPSA) is 116 Å². The molecule has 0 fully saturated rings. The number of rotatable bonds is 9. The van der Waals surface area contributed by atoms with E-state index in [1.165, 1.54) is 6.92 Å². The Morgan fingerprint density at radius 3 is 2.61 bits per heavy atom. The van der Waals surface area contributed by atoms with Gasteiger partial charge in [-0.2, -0.15) is 0 Å². The zero-order valence-corrected chi connectivity index (χ0v) is 16.8. The summed E-state index contributed by atoms with van der Waals surface area (Å²) in [4.78, 5) is 36.9. The van der Waals surface area contributed by atoms with Gasteiger partial charge in [0.05, 0.1) is 12.5 Å². The zero-order chi connectivity index (χ0) is 20.5. The Hall–Kier alpha value is -2.75. The molecule has 0 aliphatic heterocycles. The Balaban J connectivity index is 2.05. The lowest BCUT2D eigenvalue weighted by atomic mass is 10.0. The zero-order valence-electron chi connectivity index (χ0n) is 16.0. The molecule has 2 aromatic rings. The van der Waals surface area contributed by atoms with Crippen LogP contribution in [0.15, 0.2) is 30.3 Å². The van der Waals surface area contributed by atoms with E-state index < -0.39 is 17.9 Å². The number of thioether (sulfide) groups is 1. The average molecular weight is 405 g/mol. The molecular weight excluding hydrogens is 382 g/mol. The number of hydrogen-bond donors (Lipinski definition) is 1. The van der Waals surface area contributed by atoms with Gasteiger partial charge in [0, 0.05) is 12.7 Å². The first-order valence-corrected chi connectivity index (χ1v) is 9.83. The number of benzene rings is 1. The first-order valence-electron chi connectivity index (χ1n) is 8.85. The Labute approximate surface area is 167 Å². The Morgan fingerprint density at radius 1 is 1.25 bits per heavy atom. The minimum atomic E-state index is -0.758. The van der Waals surface area contributed by atoms with Gasteiger partial charge in [0.1, 0.15) is 0 Å². The molecule has 150 valence electrons. The van der Waals surface area contributed by atoms with Crippen LogP contribution in [0.3, 0.4) is 0 Å². The molecule has 0 bridgehead atoms. The van der Waals surface area contributed by atoms with Crippen molar-refractivity contribution in [2.45, 2.75) is 33.2 Å². The third kappa shape index (κ3) is 6.45. The number of nitrogens with one attached hydrogen (secondary N) is 1. The number of carbonyl (C=O) groups excluding carboxylic acids is 3. The number of carbonyl (C=O) groups is 3. The first kappa shape index (κ1) is 21.5. The molecule has 2 unspecified atom stereocenters. The SMILES string of the molecule is CCOC(=O)C(C)n1nnc(NC(=O)C(CSC(C)=O)Cc2ccccc2)n1. The number of nitrogens with zero attached hydrogens (tertiary/aromatic N) is 4. The van der Waals surface area contributed by atoms with E-state index in [1.807, 2.05) is 30.3 Å². The van der Waals surface area contributed by atoms with E-state index in [9.17, 15) is 14.4 Å². The van der Waals surface area contributed by atoms with E-state index in [-0.39, 0.29) is 23.6 Å². The van der Waals surface area contributed by atoms with Crippen molar-refractivity contribution >= 4 is 34.7 Å². The summed E-state index contributed by atoms with van der Waals surface area (Å²) >= 11 is 1.09. The number of amides is 1. The minimum Gasteiger partial charge on any atom is -0.464 e. The highest BCUT2D eigenvalue weighted by atomic mass is 32.2. The molecule has 0 aliphatic rings. The molecule has 2 atom stereocenters. The molecule has 0 saturated heterocycles. The second-order valence-electron chi connectivity index (χ2n) is 6.04. The van der Waals surface area contributed by atoms with E-state index in [4.69, 9.17) is 4.74 Å². The van der Waals surface area contributed by atoms with Crippen LogP contribution in [0.5, 0.6) is 0 Å². The molecule has 9 nitrogen and oxygen atoms in total. The molecule has 0 spiro atoms. The van der Waals surface area contributed by atoms with Gasteiger partial charge in [-0.05, 0) is 31.0 Å². The monoisotopic (exact) mass is 405 g/mol. The molecule has 28 heavy (non-hydrogen) atoms. The maximum Gasteiger partial charge on any atom is 0.332 e. The van der Waals surface area contributed by atoms with Gasteiger partial charge in [0.15, 0.2) is 11.2 Å². The Kier molecular flexibility index (Phi) is 8.12. The van der Waals surface area contributed by atoms with E-state index in [2.05, 4.69) is 20.7 Å². The van der Waals surface area contributed by atoms with Crippen molar-refractivity contribution in [1.29, 1.82) is 0 Å². The van der Waals surface area contributed by atoms with Gasteiger partial charge in [0.25, 0.3) is 5.95 Å². The van der Waals surface area contributed by atoms with Crippen molar-refractivity contribution in [3.8, 4) is 0 Å². The maximum atomic E-state index is 12.7. The Bertz CT molecular complexity index is 811. The molecular formula is C18H23N5O4S. The second kappa shape index (κ2) is 10.5. The summed E-state index contributed by atoms with van der Waals surface area (Å²) in [6.07, 6.45) is 0.473. The lowest BCUT2D eigenvalue weighted by molar-refractivity contribution is -0.147. The summed E-state index contributed by atoms with van der Waals surface area (Å²) in [5.41, 5.74) is 0.986. The summed E-state index contributed by atoms with van der Waals surface area (Å²) in [6, 6.07) is 8.78. The fourth-order valence-electron chi connectivity index (χ4n) is 2.35. The van der Waals surface area contributed by atoms with Crippen LogP contribution in [-0.2, 0) is 25.5 Å². The molecule has 1 heterocycles. The summed E-state index contributed by atoms with van der Waals surface area (Å²) in [5, 5.41) is 14.1. The molecule has 1 N–H and O–H groups in total. The number of anilines is 1. The van der Waals surface area contributed by atoms with Gasteiger partial charge in [-0.25, -0.2) is 4.79 Å². The maximum absolute atomic E-state index is 12.7. The molecule has 10 heteroatoms. The van der Waals surface area contributed by atoms with Gasteiger partial charge in [-0.15, -0.1) is 9.90 Å². The predicted octanol–water partition coefficient (Wildman–Crippen LogP) is 1.87. The third-order valence-electron chi connectivity index (χ3n) is 3.82. The van der Waals surface area contributed by atoms with Crippen LogP contribution in [0.1, 0.15) is 32.4 Å². The van der Waals surface area contributed by atoms with Crippen molar-refractivity contribution < 1.29 is 19.1 Å². The molecule has 2 rings (SSSR count). The lowest BCUT2D eigenvalue weighted by Gasteiger charge is -2.14. The number of esters is 1. The van der Waals surface area contributed by atoms with Crippen LogP contribution in [-0.4, -0.2) is 49.6 Å². The summed E-state index contributed by atoms with van der Waals surface area (Å²) in [6.45, 7) is 4.99. The highest BCUT2D eigenvalue weighted by Gasteiger charge is 2.23. The van der Waals surface area contributed by atoms with Crippen LogP contribution < -0.4 is 5.32 Å². The van der Waals surface area contributed by atoms with Gasteiger partial charge in [-0.1, -0.05) is 47.2 Å². The van der Waals surface area contributed by atoms with Crippen molar-refractivity contribution in [2.24, 2.45) is 5.92 Å². The Morgan fingerprint density at radius 2 is 1.96 bits per heavy atom.